The molecule has 3 nitrogen and oxygen atoms in total. The fraction of sp³-hybridized carbons (Fsp3) is 0.125. The molecule has 0 aliphatic heterocycles. The van der Waals surface area contributed by atoms with Gasteiger partial charge in [0.05, 0.1) is 5.69 Å². The standard InChI is InChI=1S/C16H14ClNO2S2/c1-11-14-10-12(17)8-9-15(14)21-16(11)22(19,20)18(2)13-6-4-3-5-7-13/h3-10H,1-2H3. The molecule has 114 valence electrons. The Kier molecular flexibility index (Phi) is 3.89. The van der Waals surface area contributed by atoms with Crippen molar-refractivity contribution >= 4 is 48.7 Å². The van der Waals surface area contributed by atoms with E-state index >= 15 is 0 Å². The molecular formula is C16H14ClNO2S2. The molecule has 0 atom stereocenters. The molecule has 1 heterocycles. The minimum atomic E-state index is -3.59. The zero-order valence-corrected chi connectivity index (χ0v) is 14.5. The van der Waals surface area contributed by atoms with E-state index in [4.69, 9.17) is 11.6 Å². The number of thiophene rings is 1. The van der Waals surface area contributed by atoms with E-state index in [1.54, 1.807) is 25.2 Å². The number of hydrogen-bond donors (Lipinski definition) is 0. The molecule has 0 fully saturated rings. The van der Waals surface area contributed by atoms with Crippen LogP contribution in [0.1, 0.15) is 5.56 Å². The fourth-order valence-electron chi connectivity index (χ4n) is 2.32. The highest BCUT2D eigenvalue weighted by molar-refractivity contribution is 7.95. The van der Waals surface area contributed by atoms with Gasteiger partial charge in [0.1, 0.15) is 4.21 Å². The summed E-state index contributed by atoms with van der Waals surface area (Å²) >= 11 is 7.29. The molecule has 0 saturated carbocycles. The van der Waals surface area contributed by atoms with Crippen LogP contribution in [0.15, 0.2) is 52.7 Å². The molecule has 22 heavy (non-hydrogen) atoms. The summed E-state index contributed by atoms with van der Waals surface area (Å²) in [6.45, 7) is 1.82. The summed E-state index contributed by atoms with van der Waals surface area (Å²) in [5, 5.41) is 1.49. The van der Waals surface area contributed by atoms with Crippen molar-refractivity contribution in [2.75, 3.05) is 11.4 Å². The first kappa shape index (κ1) is 15.3. The summed E-state index contributed by atoms with van der Waals surface area (Å²) in [6, 6.07) is 14.5. The van der Waals surface area contributed by atoms with Gasteiger partial charge in [0.15, 0.2) is 0 Å². The van der Waals surface area contributed by atoms with Gasteiger partial charge in [0, 0.05) is 16.8 Å². The van der Waals surface area contributed by atoms with E-state index < -0.39 is 10.0 Å². The van der Waals surface area contributed by atoms with Crippen molar-refractivity contribution in [2.24, 2.45) is 0 Å². The molecule has 0 radical (unpaired) electrons. The predicted molar refractivity (Wildman–Crippen MR) is 93.6 cm³/mol. The number of para-hydroxylation sites is 1. The van der Waals surface area contributed by atoms with Crippen LogP contribution in [0.2, 0.25) is 5.02 Å². The fourth-order valence-corrected chi connectivity index (χ4v) is 5.58. The van der Waals surface area contributed by atoms with Crippen LogP contribution in [-0.2, 0) is 10.0 Å². The van der Waals surface area contributed by atoms with Gasteiger partial charge in [0.25, 0.3) is 10.0 Å². The van der Waals surface area contributed by atoms with E-state index in [-0.39, 0.29) is 0 Å². The Morgan fingerprint density at radius 2 is 1.77 bits per heavy atom. The second kappa shape index (κ2) is 5.57. The van der Waals surface area contributed by atoms with Gasteiger partial charge >= 0.3 is 0 Å². The summed E-state index contributed by atoms with van der Waals surface area (Å²) in [5.74, 6) is 0. The monoisotopic (exact) mass is 351 g/mol. The van der Waals surface area contributed by atoms with E-state index in [2.05, 4.69) is 0 Å². The maximum atomic E-state index is 12.9. The molecule has 0 saturated heterocycles. The Morgan fingerprint density at radius 1 is 1.09 bits per heavy atom. The van der Waals surface area contributed by atoms with Crippen molar-refractivity contribution < 1.29 is 8.42 Å². The lowest BCUT2D eigenvalue weighted by Crippen LogP contribution is -2.26. The zero-order chi connectivity index (χ0) is 15.9. The number of nitrogens with zero attached hydrogens (tertiary/aromatic N) is 1. The third kappa shape index (κ3) is 2.49. The van der Waals surface area contributed by atoms with Crippen LogP contribution in [0, 0.1) is 6.92 Å². The van der Waals surface area contributed by atoms with Gasteiger partial charge in [-0.25, -0.2) is 8.42 Å². The molecule has 0 unspecified atom stereocenters. The molecule has 1 aromatic heterocycles. The average molecular weight is 352 g/mol. The lowest BCUT2D eigenvalue weighted by molar-refractivity contribution is 0.596. The van der Waals surface area contributed by atoms with E-state index in [1.165, 1.54) is 15.6 Å². The smallest absolute Gasteiger partial charge is 0.269 e. The number of sulfonamides is 1. The summed E-state index contributed by atoms with van der Waals surface area (Å²) in [4.78, 5) is 0. The Labute approximate surface area is 138 Å². The summed E-state index contributed by atoms with van der Waals surface area (Å²) < 4.78 is 28.4. The SMILES string of the molecule is Cc1c(S(=O)(=O)N(C)c2ccccc2)sc2ccc(Cl)cc12. The first-order valence-corrected chi connectivity index (χ1v) is 9.27. The van der Waals surface area contributed by atoms with Crippen molar-refractivity contribution in [1.29, 1.82) is 0 Å². The van der Waals surface area contributed by atoms with Gasteiger partial charge in [-0.1, -0.05) is 29.8 Å². The Hall–Kier alpha value is -1.56. The second-order valence-corrected chi connectivity index (χ2v) is 8.62. The molecule has 0 spiro atoms. The van der Waals surface area contributed by atoms with Crippen LogP contribution in [0.3, 0.4) is 0 Å². The summed E-state index contributed by atoms with van der Waals surface area (Å²) in [5.41, 5.74) is 1.38. The topological polar surface area (TPSA) is 37.4 Å². The van der Waals surface area contributed by atoms with E-state index in [9.17, 15) is 8.42 Å². The first-order valence-electron chi connectivity index (χ1n) is 6.64. The lowest BCUT2D eigenvalue weighted by atomic mass is 10.2. The average Bonchev–Trinajstić information content (AvgIpc) is 2.85. The Balaban J connectivity index is 2.15. The van der Waals surface area contributed by atoms with E-state index in [1.807, 2.05) is 37.3 Å². The lowest BCUT2D eigenvalue weighted by Gasteiger charge is -2.18. The number of rotatable bonds is 3. The van der Waals surface area contributed by atoms with Gasteiger partial charge in [-0.15, -0.1) is 11.3 Å². The van der Waals surface area contributed by atoms with Crippen molar-refractivity contribution in [3.63, 3.8) is 0 Å². The molecular weight excluding hydrogens is 338 g/mol. The number of hydrogen-bond acceptors (Lipinski definition) is 3. The van der Waals surface area contributed by atoms with Gasteiger partial charge in [-0.2, -0.15) is 0 Å². The highest BCUT2D eigenvalue weighted by Crippen LogP contribution is 2.37. The van der Waals surface area contributed by atoms with Crippen molar-refractivity contribution in [1.82, 2.24) is 0 Å². The number of benzene rings is 2. The highest BCUT2D eigenvalue weighted by atomic mass is 35.5. The van der Waals surface area contributed by atoms with Crippen LogP contribution < -0.4 is 4.31 Å². The maximum absolute atomic E-state index is 12.9. The van der Waals surface area contributed by atoms with E-state index in [0.29, 0.717) is 14.9 Å². The van der Waals surface area contributed by atoms with Gasteiger partial charge in [-0.05, 0) is 48.2 Å². The summed E-state index contributed by atoms with van der Waals surface area (Å²) in [6.07, 6.45) is 0. The largest absolute Gasteiger partial charge is 0.273 e. The van der Waals surface area contributed by atoms with E-state index in [0.717, 1.165) is 15.6 Å². The number of halogens is 1. The van der Waals surface area contributed by atoms with Gasteiger partial charge < -0.3 is 0 Å². The van der Waals surface area contributed by atoms with Crippen LogP contribution in [0.5, 0.6) is 0 Å². The van der Waals surface area contributed by atoms with Crippen LogP contribution in [0.25, 0.3) is 10.1 Å². The number of aryl methyl sites for hydroxylation is 1. The Morgan fingerprint density at radius 3 is 2.45 bits per heavy atom. The highest BCUT2D eigenvalue weighted by Gasteiger charge is 2.26. The second-order valence-electron chi connectivity index (χ2n) is 4.96. The zero-order valence-electron chi connectivity index (χ0n) is 12.1. The third-order valence-corrected chi connectivity index (χ3v) is 7.46. The molecule has 3 rings (SSSR count). The molecule has 2 aromatic carbocycles. The van der Waals surface area contributed by atoms with Crippen molar-refractivity contribution in [2.45, 2.75) is 11.1 Å². The molecule has 0 aliphatic rings. The maximum Gasteiger partial charge on any atom is 0.273 e. The van der Waals surface area contributed by atoms with Crippen molar-refractivity contribution in [3.8, 4) is 0 Å². The normalized spacial score (nSPS) is 11.8. The summed E-state index contributed by atoms with van der Waals surface area (Å²) in [7, 11) is -2.02. The molecule has 0 N–H and O–H groups in total. The minimum absolute atomic E-state index is 0.358. The number of anilines is 1. The molecule has 0 bridgehead atoms. The van der Waals surface area contributed by atoms with Crippen molar-refractivity contribution in [3.05, 3.63) is 59.1 Å². The number of fused-ring (bicyclic) bond motifs is 1. The predicted octanol–water partition coefficient (Wildman–Crippen LogP) is 4.69. The van der Waals surface area contributed by atoms with Crippen LogP contribution in [0.4, 0.5) is 5.69 Å². The third-order valence-electron chi connectivity index (χ3n) is 3.57. The quantitative estimate of drug-likeness (QED) is 0.686. The van der Waals surface area contributed by atoms with Crippen LogP contribution >= 0.6 is 22.9 Å². The molecule has 6 heteroatoms. The Bertz CT molecular complexity index is 933. The first-order chi connectivity index (χ1) is 10.4. The molecule has 0 amide bonds. The van der Waals surface area contributed by atoms with Crippen LogP contribution in [-0.4, -0.2) is 15.5 Å². The molecule has 0 aliphatic carbocycles. The minimum Gasteiger partial charge on any atom is -0.269 e. The van der Waals surface area contributed by atoms with Gasteiger partial charge in [-0.3, -0.25) is 4.31 Å². The molecule has 3 aromatic rings. The van der Waals surface area contributed by atoms with Gasteiger partial charge in [0.2, 0.25) is 0 Å².